The van der Waals surface area contributed by atoms with Crippen molar-refractivity contribution < 1.29 is 18.0 Å². The molecular formula is C29H29F3N2O. The molecule has 2 aliphatic rings. The molecule has 1 saturated heterocycles. The lowest BCUT2D eigenvalue weighted by molar-refractivity contribution is -0.137. The second-order valence-electron chi connectivity index (χ2n) is 9.82. The number of amides is 1. The molecule has 6 heteroatoms. The number of carbonyl (C=O) groups excluding carboxylic acids is 1. The van der Waals surface area contributed by atoms with Crippen LogP contribution >= 0.6 is 0 Å². The third kappa shape index (κ3) is 5.13. The maximum absolute atomic E-state index is 13.5. The van der Waals surface area contributed by atoms with Crippen LogP contribution in [0.15, 0.2) is 72.8 Å². The van der Waals surface area contributed by atoms with E-state index in [0.717, 1.165) is 37.7 Å². The minimum absolute atomic E-state index is 0.0538. The average molecular weight is 479 g/mol. The van der Waals surface area contributed by atoms with Gasteiger partial charge < -0.3 is 4.90 Å². The monoisotopic (exact) mass is 478 g/mol. The molecule has 2 aliphatic heterocycles. The maximum atomic E-state index is 13.5. The topological polar surface area (TPSA) is 23.6 Å². The summed E-state index contributed by atoms with van der Waals surface area (Å²) in [6.07, 6.45) is -3.43. The van der Waals surface area contributed by atoms with Gasteiger partial charge in [-0.15, -0.1) is 0 Å². The van der Waals surface area contributed by atoms with E-state index in [1.165, 1.54) is 23.3 Å². The first-order valence-corrected chi connectivity index (χ1v) is 12.1. The summed E-state index contributed by atoms with van der Waals surface area (Å²) in [5, 5.41) is 0. The molecule has 1 amide bonds. The summed E-state index contributed by atoms with van der Waals surface area (Å²) in [4.78, 5) is 17.5. The van der Waals surface area contributed by atoms with Gasteiger partial charge in [-0.2, -0.15) is 13.2 Å². The number of alkyl halides is 3. The van der Waals surface area contributed by atoms with Gasteiger partial charge in [-0.3, -0.25) is 9.69 Å². The van der Waals surface area contributed by atoms with Gasteiger partial charge in [0.2, 0.25) is 0 Å². The predicted octanol–water partition coefficient (Wildman–Crippen LogP) is 5.93. The number of aryl methyl sites for hydroxylation is 1. The highest BCUT2D eigenvalue weighted by Crippen LogP contribution is 2.38. The largest absolute Gasteiger partial charge is 0.416 e. The highest BCUT2D eigenvalue weighted by Gasteiger charge is 2.39. The molecule has 35 heavy (non-hydrogen) atoms. The lowest BCUT2D eigenvalue weighted by Crippen LogP contribution is -2.37. The number of hydrogen-bond donors (Lipinski definition) is 0. The zero-order valence-corrected chi connectivity index (χ0v) is 19.8. The van der Waals surface area contributed by atoms with Crippen molar-refractivity contribution >= 4 is 5.91 Å². The van der Waals surface area contributed by atoms with E-state index in [-0.39, 0.29) is 17.7 Å². The van der Waals surface area contributed by atoms with Crippen LogP contribution in [0, 0.1) is 12.8 Å². The van der Waals surface area contributed by atoms with Crippen molar-refractivity contribution in [3.63, 3.8) is 0 Å². The standard InChI is InChI=1S/C29H29F3N2O/c1-20-9-11-22(12-10-20)28(35)34-18-25(17-33-14-13-21-5-2-3-6-24(21)16-33)27(19-34)23-7-4-8-26(15-23)29(30,31)32/h2-12,15,25,27H,13-14,16-19H2,1H3. The van der Waals surface area contributed by atoms with Gasteiger partial charge in [0.1, 0.15) is 0 Å². The summed E-state index contributed by atoms with van der Waals surface area (Å²) in [6.45, 7) is 5.41. The van der Waals surface area contributed by atoms with E-state index < -0.39 is 11.7 Å². The molecule has 2 heterocycles. The number of fused-ring (bicyclic) bond motifs is 1. The summed E-state index contributed by atoms with van der Waals surface area (Å²) >= 11 is 0. The summed E-state index contributed by atoms with van der Waals surface area (Å²) in [6, 6.07) is 21.5. The van der Waals surface area contributed by atoms with Crippen LogP contribution in [0.4, 0.5) is 13.2 Å². The third-order valence-corrected chi connectivity index (χ3v) is 7.37. The predicted molar refractivity (Wildman–Crippen MR) is 130 cm³/mol. The van der Waals surface area contributed by atoms with Crippen molar-refractivity contribution in [1.82, 2.24) is 9.80 Å². The Labute approximate surface area is 204 Å². The van der Waals surface area contributed by atoms with Crippen LogP contribution in [-0.4, -0.2) is 41.9 Å². The highest BCUT2D eigenvalue weighted by molar-refractivity contribution is 5.94. The first-order valence-electron chi connectivity index (χ1n) is 12.1. The summed E-state index contributed by atoms with van der Waals surface area (Å²) in [7, 11) is 0. The molecule has 0 N–H and O–H groups in total. The first kappa shape index (κ1) is 23.6. The van der Waals surface area contributed by atoms with Crippen LogP contribution in [0.1, 0.15) is 44.1 Å². The summed E-state index contributed by atoms with van der Waals surface area (Å²) in [5.74, 6) is -0.157. The number of likely N-dealkylation sites (tertiary alicyclic amines) is 1. The van der Waals surface area contributed by atoms with Gasteiger partial charge in [-0.25, -0.2) is 0 Å². The number of halogens is 3. The van der Waals surface area contributed by atoms with E-state index in [4.69, 9.17) is 0 Å². The zero-order chi connectivity index (χ0) is 24.6. The maximum Gasteiger partial charge on any atom is 0.416 e. The molecule has 182 valence electrons. The fraction of sp³-hybridized carbons (Fsp3) is 0.345. The van der Waals surface area contributed by atoms with E-state index in [9.17, 15) is 18.0 Å². The molecule has 2 unspecified atom stereocenters. The Morgan fingerprint density at radius 2 is 1.69 bits per heavy atom. The van der Waals surface area contributed by atoms with Gasteiger partial charge in [-0.05, 0) is 54.2 Å². The van der Waals surface area contributed by atoms with Crippen molar-refractivity contribution in [2.75, 3.05) is 26.2 Å². The molecule has 0 aromatic heterocycles. The Balaban J connectivity index is 1.40. The van der Waals surface area contributed by atoms with Crippen LogP contribution in [0.5, 0.6) is 0 Å². The van der Waals surface area contributed by atoms with Crippen molar-refractivity contribution in [2.45, 2.75) is 32.0 Å². The molecule has 2 atom stereocenters. The lowest BCUT2D eigenvalue weighted by atomic mass is 9.87. The molecular weight excluding hydrogens is 449 g/mol. The smallest absolute Gasteiger partial charge is 0.338 e. The number of rotatable bonds is 4. The fourth-order valence-corrected chi connectivity index (χ4v) is 5.47. The van der Waals surface area contributed by atoms with Gasteiger partial charge in [0.15, 0.2) is 0 Å². The van der Waals surface area contributed by atoms with Gasteiger partial charge in [0.25, 0.3) is 5.91 Å². The van der Waals surface area contributed by atoms with Crippen molar-refractivity contribution in [2.24, 2.45) is 5.92 Å². The Hall–Kier alpha value is -3.12. The van der Waals surface area contributed by atoms with E-state index in [1.54, 1.807) is 6.07 Å². The van der Waals surface area contributed by atoms with Crippen LogP contribution in [-0.2, 0) is 19.1 Å². The summed E-state index contributed by atoms with van der Waals surface area (Å²) < 4.78 is 40.4. The summed E-state index contributed by atoms with van der Waals surface area (Å²) in [5.41, 5.74) is 4.38. The van der Waals surface area contributed by atoms with Crippen LogP contribution in [0.3, 0.4) is 0 Å². The van der Waals surface area contributed by atoms with E-state index in [0.29, 0.717) is 24.2 Å². The normalized spacial score (nSPS) is 20.6. The first-order chi connectivity index (χ1) is 16.8. The Kier molecular flexibility index (Phi) is 6.41. The van der Waals surface area contributed by atoms with Crippen LogP contribution in [0.2, 0.25) is 0 Å². The van der Waals surface area contributed by atoms with Crippen molar-refractivity contribution in [3.8, 4) is 0 Å². The Bertz CT molecular complexity index is 1210. The van der Waals surface area contributed by atoms with E-state index in [1.807, 2.05) is 42.2 Å². The fourth-order valence-electron chi connectivity index (χ4n) is 5.47. The molecule has 3 aromatic carbocycles. The zero-order valence-electron chi connectivity index (χ0n) is 19.8. The van der Waals surface area contributed by atoms with Gasteiger partial charge in [0.05, 0.1) is 5.56 Å². The van der Waals surface area contributed by atoms with Crippen LogP contribution in [0.25, 0.3) is 0 Å². The number of carbonyl (C=O) groups is 1. The molecule has 5 rings (SSSR count). The van der Waals surface area contributed by atoms with E-state index >= 15 is 0 Å². The van der Waals surface area contributed by atoms with E-state index in [2.05, 4.69) is 23.1 Å². The van der Waals surface area contributed by atoms with Gasteiger partial charge in [0, 0.05) is 44.2 Å². The number of benzene rings is 3. The number of hydrogen-bond acceptors (Lipinski definition) is 2. The molecule has 0 aliphatic carbocycles. The molecule has 0 spiro atoms. The molecule has 1 fully saturated rings. The average Bonchev–Trinajstić information content (AvgIpc) is 3.27. The number of nitrogens with zero attached hydrogens (tertiary/aromatic N) is 2. The molecule has 0 bridgehead atoms. The second-order valence-corrected chi connectivity index (χ2v) is 9.82. The lowest BCUT2D eigenvalue weighted by Gasteiger charge is -2.32. The minimum Gasteiger partial charge on any atom is -0.338 e. The second kappa shape index (κ2) is 9.50. The molecule has 0 radical (unpaired) electrons. The third-order valence-electron chi connectivity index (χ3n) is 7.37. The van der Waals surface area contributed by atoms with Crippen molar-refractivity contribution in [1.29, 1.82) is 0 Å². The highest BCUT2D eigenvalue weighted by atomic mass is 19.4. The Morgan fingerprint density at radius 1 is 0.943 bits per heavy atom. The van der Waals surface area contributed by atoms with Gasteiger partial charge in [-0.1, -0.05) is 60.2 Å². The quantitative estimate of drug-likeness (QED) is 0.464. The minimum atomic E-state index is -4.39. The van der Waals surface area contributed by atoms with Crippen molar-refractivity contribution in [3.05, 3.63) is 106 Å². The molecule has 0 saturated carbocycles. The molecule has 3 nitrogen and oxygen atoms in total. The van der Waals surface area contributed by atoms with Gasteiger partial charge >= 0.3 is 6.18 Å². The SMILES string of the molecule is Cc1ccc(C(=O)N2CC(CN3CCc4ccccc4C3)C(c3cccc(C(F)(F)F)c3)C2)cc1. The molecule has 3 aromatic rings. The van der Waals surface area contributed by atoms with Crippen LogP contribution < -0.4 is 0 Å². The Morgan fingerprint density at radius 3 is 2.43 bits per heavy atom.